The fraction of sp³-hybridized carbons (Fsp3) is 0.519. The van der Waals surface area contributed by atoms with Gasteiger partial charge in [0.1, 0.15) is 17.6 Å². The van der Waals surface area contributed by atoms with E-state index < -0.39 is 5.41 Å². The molecule has 0 aromatic heterocycles. The minimum Gasteiger partial charge on any atom is -0.490 e. The Hall–Kier alpha value is -2.38. The molecule has 2 fully saturated rings. The van der Waals surface area contributed by atoms with E-state index in [0.717, 1.165) is 84.9 Å². The molecule has 6 nitrogen and oxygen atoms in total. The quantitative estimate of drug-likeness (QED) is 0.485. The number of hydrogen-bond acceptors (Lipinski definition) is 6. The van der Waals surface area contributed by atoms with Gasteiger partial charge in [-0.05, 0) is 82.3 Å². The van der Waals surface area contributed by atoms with Crippen LogP contribution in [0.2, 0.25) is 0 Å². The summed E-state index contributed by atoms with van der Waals surface area (Å²) in [7, 11) is 2.15. The number of ether oxygens (including phenoxy) is 2. The summed E-state index contributed by atoms with van der Waals surface area (Å²) in [6.07, 6.45) is 6.25. The summed E-state index contributed by atoms with van der Waals surface area (Å²) in [5.74, 6) is 1.79. The number of para-hydroxylation sites is 1. The van der Waals surface area contributed by atoms with E-state index in [9.17, 15) is 4.79 Å². The lowest BCUT2D eigenvalue weighted by Crippen LogP contribution is -2.35. The molecule has 0 atom stereocenters. The van der Waals surface area contributed by atoms with Crippen molar-refractivity contribution in [1.29, 1.82) is 0 Å². The van der Waals surface area contributed by atoms with E-state index in [2.05, 4.69) is 34.1 Å². The van der Waals surface area contributed by atoms with E-state index in [1.807, 2.05) is 38.1 Å². The van der Waals surface area contributed by atoms with E-state index in [4.69, 9.17) is 9.47 Å². The summed E-state index contributed by atoms with van der Waals surface area (Å²) >= 11 is 1.53. The number of anilines is 2. The van der Waals surface area contributed by atoms with Crippen LogP contribution in [-0.2, 0) is 10.2 Å². The van der Waals surface area contributed by atoms with Gasteiger partial charge in [-0.15, -0.1) is 0 Å². The third-order valence-electron chi connectivity index (χ3n) is 7.20. The summed E-state index contributed by atoms with van der Waals surface area (Å²) < 4.78 is 16.1. The van der Waals surface area contributed by atoms with E-state index in [1.54, 1.807) is 0 Å². The van der Waals surface area contributed by atoms with E-state index >= 15 is 0 Å². The summed E-state index contributed by atoms with van der Waals surface area (Å²) in [4.78, 5) is 16.5. The zero-order chi connectivity index (χ0) is 23.7. The highest BCUT2D eigenvalue weighted by Crippen LogP contribution is 2.53. The minimum absolute atomic E-state index is 0.107. The Balaban J connectivity index is 1.44. The molecule has 1 saturated carbocycles. The summed E-state index contributed by atoms with van der Waals surface area (Å²) in [5.41, 5.74) is 2.51. The number of hydrogen-bond donors (Lipinski definition) is 2. The summed E-state index contributed by atoms with van der Waals surface area (Å²) in [6, 6.07) is 12.3. The molecule has 0 radical (unpaired) electrons. The molecule has 3 aliphatic rings. The molecule has 182 valence electrons. The first-order chi connectivity index (χ1) is 16.4. The predicted octanol–water partition coefficient (Wildman–Crippen LogP) is 5.83. The molecular weight excluding hydrogens is 446 g/mol. The molecule has 2 N–H and O–H groups in total. The van der Waals surface area contributed by atoms with Crippen molar-refractivity contribution in [2.45, 2.75) is 74.9 Å². The Morgan fingerprint density at radius 2 is 1.85 bits per heavy atom. The molecule has 34 heavy (non-hydrogen) atoms. The first-order valence-electron chi connectivity index (χ1n) is 12.5. The molecule has 0 unspecified atom stereocenters. The van der Waals surface area contributed by atoms with Crippen LogP contribution in [0.4, 0.5) is 11.4 Å². The maximum absolute atomic E-state index is 13.2. The van der Waals surface area contributed by atoms with Gasteiger partial charge in [-0.25, -0.2) is 0 Å². The van der Waals surface area contributed by atoms with Gasteiger partial charge >= 0.3 is 0 Å². The maximum atomic E-state index is 13.2. The number of rotatable bonds is 7. The Labute approximate surface area is 206 Å². The van der Waals surface area contributed by atoms with E-state index in [0.29, 0.717) is 0 Å². The molecule has 0 bridgehead atoms. The Bertz CT molecular complexity index is 1040. The van der Waals surface area contributed by atoms with Crippen LogP contribution in [0.25, 0.3) is 0 Å². The van der Waals surface area contributed by atoms with Gasteiger partial charge in [0.25, 0.3) is 0 Å². The molecule has 2 aromatic rings. The van der Waals surface area contributed by atoms with Crippen LogP contribution in [0, 0.1) is 0 Å². The molecule has 7 heteroatoms. The maximum Gasteiger partial charge on any atom is 0.235 e. The number of likely N-dealkylation sites (tertiary alicyclic amines) is 1. The number of fused-ring (bicyclic) bond motifs is 2. The fourth-order valence-corrected chi connectivity index (χ4v) is 6.10. The van der Waals surface area contributed by atoms with Gasteiger partial charge in [-0.2, -0.15) is 0 Å². The topological polar surface area (TPSA) is 62.8 Å². The zero-order valence-electron chi connectivity index (χ0n) is 20.4. The number of amides is 1. The lowest BCUT2D eigenvalue weighted by molar-refractivity contribution is -0.120. The van der Waals surface area contributed by atoms with Crippen molar-refractivity contribution in [3.63, 3.8) is 0 Å². The lowest BCUT2D eigenvalue weighted by atomic mass is 9.80. The largest absolute Gasteiger partial charge is 0.490 e. The highest BCUT2D eigenvalue weighted by molar-refractivity contribution is 8.00. The van der Waals surface area contributed by atoms with Crippen LogP contribution < -0.4 is 19.5 Å². The van der Waals surface area contributed by atoms with Crippen LogP contribution >= 0.6 is 11.9 Å². The average Bonchev–Trinajstić information content (AvgIpc) is 3.41. The van der Waals surface area contributed by atoms with Gasteiger partial charge in [0.15, 0.2) is 0 Å². The SMILES string of the molecule is CC(C)Oc1ccccc1SNc1cc(OC2CCN(C)CC2)c2c(c1)C1(CCCC1)C(=O)N2. The van der Waals surface area contributed by atoms with E-state index in [1.165, 1.54) is 11.9 Å². The predicted molar refractivity (Wildman–Crippen MR) is 138 cm³/mol. The number of carbonyl (C=O) groups excluding carboxylic acids is 1. The number of carbonyl (C=O) groups is 1. The molecule has 1 aliphatic carbocycles. The van der Waals surface area contributed by atoms with Gasteiger partial charge in [0.2, 0.25) is 5.91 Å². The van der Waals surface area contributed by atoms with Crippen molar-refractivity contribution in [3.05, 3.63) is 42.0 Å². The highest BCUT2D eigenvalue weighted by Gasteiger charge is 2.49. The number of benzene rings is 2. The monoisotopic (exact) mass is 481 g/mol. The van der Waals surface area contributed by atoms with Crippen LogP contribution in [0.1, 0.15) is 57.9 Å². The normalized spacial score (nSPS) is 19.9. The van der Waals surface area contributed by atoms with Crippen LogP contribution in [-0.4, -0.2) is 43.2 Å². The fourth-order valence-electron chi connectivity index (χ4n) is 5.39. The second kappa shape index (κ2) is 9.70. The summed E-state index contributed by atoms with van der Waals surface area (Å²) in [5, 5.41) is 3.20. The van der Waals surface area contributed by atoms with Crippen molar-refractivity contribution in [3.8, 4) is 11.5 Å². The summed E-state index contributed by atoms with van der Waals surface area (Å²) in [6.45, 7) is 6.13. The lowest BCUT2D eigenvalue weighted by Gasteiger charge is -2.30. The van der Waals surface area contributed by atoms with Gasteiger partial charge in [0.05, 0.1) is 22.1 Å². The molecule has 1 amide bonds. The van der Waals surface area contributed by atoms with E-state index in [-0.39, 0.29) is 18.1 Å². The van der Waals surface area contributed by atoms with Crippen LogP contribution in [0.3, 0.4) is 0 Å². The molecular formula is C27H35N3O3S. The Morgan fingerprint density at radius 1 is 1.12 bits per heavy atom. The third-order valence-corrected chi connectivity index (χ3v) is 8.09. The second-order valence-electron chi connectivity index (χ2n) is 10.1. The molecule has 1 saturated heterocycles. The third kappa shape index (κ3) is 4.60. The molecule has 5 rings (SSSR count). The van der Waals surface area contributed by atoms with Crippen molar-refractivity contribution >= 4 is 29.2 Å². The van der Waals surface area contributed by atoms with Crippen molar-refractivity contribution in [1.82, 2.24) is 4.90 Å². The van der Waals surface area contributed by atoms with Crippen molar-refractivity contribution in [2.75, 3.05) is 30.2 Å². The Morgan fingerprint density at radius 3 is 2.59 bits per heavy atom. The molecule has 2 aliphatic heterocycles. The number of nitrogens with one attached hydrogen (secondary N) is 2. The van der Waals surface area contributed by atoms with Crippen molar-refractivity contribution < 1.29 is 14.3 Å². The average molecular weight is 482 g/mol. The van der Waals surface area contributed by atoms with Crippen molar-refractivity contribution in [2.24, 2.45) is 0 Å². The second-order valence-corrected chi connectivity index (χ2v) is 10.9. The zero-order valence-corrected chi connectivity index (χ0v) is 21.2. The number of nitrogens with zero attached hydrogens (tertiary/aromatic N) is 1. The highest BCUT2D eigenvalue weighted by atomic mass is 32.2. The first kappa shape index (κ1) is 23.4. The van der Waals surface area contributed by atoms with Gasteiger partial charge < -0.3 is 24.4 Å². The smallest absolute Gasteiger partial charge is 0.235 e. The minimum atomic E-state index is -0.415. The van der Waals surface area contributed by atoms with Gasteiger partial charge in [-0.3, -0.25) is 4.79 Å². The van der Waals surface area contributed by atoms with Gasteiger partial charge in [0, 0.05) is 24.8 Å². The van der Waals surface area contributed by atoms with Crippen LogP contribution in [0.5, 0.6) is 11.5 Å². The Kier molecular flexibility index (Phi) is 6.67. The first-order valence-corrected chi connectivity index (χ1v) is 13.3. The molecule has 1 spiro atoms. The van der Waals surface area contributed by atoms with Crippen LogP contribution in [0.15, 0.2) is 41.3 Å². The molecule has 2 aromatic carbocycles. The standard InChI is InChI=1S/C27H35N3O3S/c1-18(2)32-22-8-4-5-9-24(22)34-29-19-16-21-25(28-26(31)27(21)12-6-7-13-27)23(17-19)33-20-10-14-30(3)15-11-20/h4-5,8-9,16-18,20,29H,6-7,10-15H2,1-3H3,(H,28,31). The molecule has 2 heterocycles. The van der Waals surface area contributed by atoms with Gasteiger partial charge in [-0.1, -0.05) is 25.0 Å². The number of piperidine rings is 1.